The Kier molecular flexibility index (Phi) is 17.1. The number of carbonyl (C=O) groups is 4. The minimum atomic E-state index is -0.895. The Bertz CT molecular complexity index is 1990. The highest BCUT2D eigenvalue weighted by molar-refractivity contribution is 5.98. The molecular weight excluding hydrogens is 769 g/mol. The van der Waals surface area contributed by atoms with Crippen LogP contribution >= 0.6 is 0 Å². The number of aromatic nitrogens is 4. The molecule has 1 saturated carbocycles. The highest BCUT2D eigenvalue weighted by Crippen LogP contribution is 2.30. The van der Waals surface area contributed by atoms with E-state index < -0.39 is 17.7 Å². The van der Waals surface area contributed by atoms with Crippen molar-refractivity contribution in [1.82, 2.24) is 36.6 Å². The monoisotopic (exact) mass is 826 g/mol. The second kappa shape index (κ2) is 22.6. The second-order valence-corrected chi connectivity index (χ2v) is 15.9. The number of nitrogens with zero attached hydrogens (tertiary/aromatic N) is 3. The zero-order valence-corrected chi connectivity index (χ0v) is 35.2. The summed E-state index contributed by atoms with van der Waals surface area (Å²) in [6, 6.07) is 19.5. The molecule has 0 bridgehead atoms. The molecule has 16 nitrogen and oxygen atoms in total. The van der Waals surface area contributed by atoms with Gasteiger partial charge in [0, 0.05) is 49.4 Å². The third-order valence-corrected chi connectivity index (χ3v) is 10.1. The number of hydrogen-bond donors (Lipinski definition) is 5. The Morgan fingerprint density at radius 1 is 0.850 bits per heavy atom. The SMILES string of the molecule is COCCOCCOCCNC(=O)c1ccc(C)c(-c2cccc(C[C@H](NC(=O)C3CCC(CNC(=O)OC(C)(C)C)CC3)C(=O)Nc3ccc(-c4nn[nH]n4)cc3)c2)c1. The van der Waals surface area contributed by atoms with E-state index in [-0.39, 0.29) is 36.0 Å². The van der Waals surface area contributed by atoms with Crippen LogP contribution in [0.25, 0.3) is 22.5 Å². The van der Waals surface area contributed by atoms with Crippen molar-refractivity contribution in [1.29, 1.82) is 0 Å². The van der Waals surface area contributed by atoms with Gasteiger partial charge in [-0.3, -0.25) is 14.4 Å². The van der Waals surface area contributed by atoms with Crippen molar-refractivity contribution in [2.45, 2.75) is 71.4 Å². The lowest BCUT2D eigenvalue weighted by molar-refractivity contribution is -0.130. The minimum absolute atomic E-state index is 0.187. The molecule has 4 aromatic rings. The number of benzene rings is 3. The van der Waals surface area contributed by atoms with Crippen LogP contribution in [-0.2, 0) is 35.0 Å². The van der Waals surface area contributed by atoms with Gasteiger partial charge in [-0.25, -0.2) is 4.79 Å². The van der Waals surface area contributed by atoms with E-state index in [0.717, 1.165) is 40.7 Å². The van der Waals surface area contributed by atoms with Gasteiger partial charge in [0.1, 0.15) is 11.6 Å². The van der Waals surface area contributed by atoms with E-state index >= 15 is 0 Å². The summed E-state index contributed by atoms with van der Waals surface area (Å²) in [5, 5.41) is 25.9. The number of H-pyrrole nitrogens is 1. The van der Waals surface area contributed by atoms with Gasteiger partial charge in [-0.05, 0) is 123 Å². The summed E-state index contributed by atoms with van der Waals surface area (Å²) in [6.45, 7) is 10.5. The third-order valence-electron chi connectivity index (χ3n) is 10.1. The maximum atomic E-state index is 14.0. The predicted octanol–water partition coefficient (Wildman–Crippen LogP) is 5.25. The average molecular weight is 827 g/mol. The lowest BCUT2D eigenvalue weighted by Gasteiger charge is -2.29. The van der Waals surface area contributed by atoms with Crippen LogP contribution in [0, 0.1) is 18.8 Å². The molecule has 5 rings (SSSR count). The van der Waals surface area contributed by atoms with Crippen molar-refractivity contribution in [3.8, 4) is 22.5 Å². The number of carbonyl (C=O) groups excluding carboxylic acids is 4. The first-order valence-electron chi connectivity index (χ1n) is 20.4. The number of tetrazole rings is 1. The van der Waals surface area contributed by atoms with Crippen LogP contribution in [0.4, 0.5) is 10.5 Å². The quantitative estimate of drug-likeness (QED) is 0.0728. The first-order valence-corrected chi connectivity index (χ1v) is 20.4. The van der Waals surface area contributed by atoms with Crippen LogP contribution in [-0.4, -0.2) is 109 Å². The molecule has 322 valence electrons. The molecule has 0 unspecified atom stereocenters. The Morgan fingerprint density at radius 2 is 1.58 bits per heavy atom. The van der Waals surface area contributed by atoms with Crippen molar-refractivity contribution in [2.75, 3.05) is 58.6 Å². The Balaban J connectivity index is 1.24. The highest BCUT2D eigenvalue weighted by atomic mass is 16.6. The van der Waals surface area contributed by atoms with Crippen molar-refractivity contribution in [2.24, 2.45) is 11.8 Å². The van der Waals surface area contributed by atoms with E-state index in [9.17, 15) is 19.2 Å². The molecule has 5 N–H and O–H groups in total. The smallest absolute Gasteiger partial charge is 0.407 e. The topological polar surface area (TPSA) is 208 Å². The van der Waals surface area contributed by atoms with Crippen LogP contribution in [0.3, 0.4) is 0 Å². The summed E-state index contributed by atoms with van der Waals surface area (Å²) >= 11 is 0. The van der Waals surface area contributed by atoms with Gasteiger partial charge in [0.15, 0.2) is 0 Å². The number of aryl methyl sites for hydroxylation is 1. The predicted molar refractivity (Wildman–Crippen MR) is 226 cm³/mol. The Hall–Kier alpha value is -5.71. The van der Waals surface area contributed by atoms with Crippen molar-refractivity contribution >= 4 is 29.5 Å². The van der Waals surface area contributed by atoms with Gasteiger partial charge in [0.05, 0.1) is 33.0 Å². The fraction of sp³-hybridized carbons (Fsp3) is 0.477. The Labute approximate surface area is 351 Å². The standard InChI is InChI=1S/C44H58N8O8/c1-29-9-12-35(40(53)45-19-20-58-23-24-59-22-21-57-5)27-37(29)34-8-6-7-31(25-34)26-38(42(55)47-36-17-15-32(16-18-36)39-49-51-52-50-39)48-41(54)33-13-10-30(11-14-33)28-46-43(56)60-44(2,3)4/h6-9,12,15-18,25,27,30,33,38H,10-11,13-14,19-24,26,28H2,1-5H3,(H,45,53)(H,46,56)(H,47,55)(H,48,54)(H,49,50,51,52)/t30?,33?,38-/m0/s1. The van der Waals surface area contributed by atoms with E-state index in [2.05, 4.69) is 41.9 Å². The first-order chi connectivity index (χ1) is 28.9. The number of amides is 4. The van der Waals surface area contributed by atoms with Crippen molar-refractivity contribution in [3.63, 3.8) is 0 Å². The summed E-state index contributed by atoms with van der Waals surface area (Å²) in [4.78, 5) is 53.1. The number of alkyl carbamates (subject to hydrolysis) is 1. The molecule has 1 aliphatic carbocycles. The molecular formula is C44H58N8O8. The number of ether oxygens (including phenoxy) is 4. The normalized spacial score (nSPS) is 15.8. The van der Waals surface area contributed by atoms with Gasteiger partial charge in [-0.15, -0.1) is 10.2 Å². The molecule has 4 amide bonds. The molecule has 16 heteroatoms. The van der Waals surface area contributed by atoms with Gasteiger partial charge < -0.3 is 40.2 Å². The second-order valence-electron chi connectivity index (χ2n) is 15.9. The van der Waals surface area contributed by atoms with E-state index in [4.69, 9.17) is 18.9 Å². The van der Waals surface area contributed by atoms with E-state index in [0.29, 0.717) is 76.0 Å². The van der Waals surface area contributed by atoms with Gasteiger partial charge in [-0.1, -0.05) is 30.3 Å². The van der Waals surface area contributed by atoms with Gasteiger partial charge in [-0.2, -0.15) is 5.21 Å². The van der Waals surface area contributed by atoms with Crippen molar-refractivity contribution < 1.29 is 38.1 Å². The van der Waals surface area contributed by atoms with E-state index in [1.165, 1.54) is 0 Å². The largest absolute Gasteiger partial charge is 0.444 e. The number of anilines is 1. The molecule has 0 spiro atoms. The van der Waals surface area contributed by atoms with Crippen LogP contribution in [0.1, 0.15) is 67.9 Å². The molecule has 1 aliphatic rings. The van der Waals surface area contributed by atoms with Crippen LogP contribution in [0.5, 0.6) is 0 Å². The number of methoxy groups -OCH3 is 1. The van der Waals surface area contributed by atoms with Gasteiger partial charge in [0.25, 0.3) is 5.91 Å². The van der Waals surface area contributed by atoms with Gasteiger partial charge in [0.2, 0.25) is 17.6 Å². The molecule has 0 saturated heterocycles. The number of hydrogen-bond acceptors (Lipinski definition) is 11. The number of aromatic amines is 1. The zero-order chi connectivity index (χ0) is 42.9. The maximum Gasteiger partial charge on any atom is 0.407 e. The van der Waals surface area contributed by atoms with E-state index in [1.807, 2.05) is 64.1 Å². The van der Waals surface area contributed by atoms with Crippen LogP contribution < -0.4 is 21.3 Å². The van der Waals surface area contributed by atoms with Gasteiger partial charge >= 0.3 is 6.09 Å². The fourth-order valence-corrected chi connectivity index (χ4v) is 6.86. The Morgan fingerprint density at radius 3 is 2.28 bits per heavy atom. The third kappa shape index (κ3) is 14.5. The van der Waals surface area contributed by atoms with Crippen molar-refractivity contribution in [3.05, 3.63) is 83.4 Å². The average Bonchev–Trinajstić information content (AvgIpc) is 3.77. The molecule has 1 atom stereocenters. The fourth-order valence-electron chi connectivity index (χ4n) is 6.86. The summed E-state index contributed by atoms with van der Waals surface area (Å²) in [5.74, 6) is -0.396. The van der Waals surface area contributed by atoms with Crippen LogP contribution in [0.15, 0.2) is 66.7 Å². The number of nitrogens with one attached hydrogen (secondary N) is 5. The molecule has 60 heavy (non-hydrogen) atoms. The highest BCUT2D eigenvalue weighted by Gasteiger charge is 2.30. The molecule has 0 aliphatic heterocycles. The summed E-state index contributed by atoms with van der Waals surface area (Å²) in [7, 11) is 1.62. The zero-order valence-electron chi connectivity index (χ0n) is 35.2. The molecule has 0 radical (unpaired) electrons. The lowest BCUT2D eigenvalue weighted by Crippen LogP contribution is -2.48. The lowest BCUT2D eigenvalue weighted by atomic mass is 9.81. The van der Waals surface area contributed by atoms with Crippen LogP contribution in [0.2, 0.25) is 0 Å². The summed E-state index contributed by atoms with van der Waals surface area (Å²) in [6.07, 6.45) is 2.55. The summed E-state index contributed by atoms with van der Waals surface area (Å²) < 4.78 is 21.3. The molecule has 1 fully saturated rings. The molecule has 1 aromatic heterocycles. The molecule has 3 aromatic carbocycles. The maximum absolute atomic E-state index is 14.0. The minimum Gasteiger partial charge on any atom is -0.444 e. The first kappa shape index (κ1) is 45.4. The summed E-state index contributed by atoms with van der Waals surface area (Å²) in [5.41, 5.74) is 4.75. The van der Waals surface area contributed by atoms with E-state index in [1.54, 1.807) is 37.4 Å². The number of rotatable bonds is 20. The molecule has 1 heterocycles.